The van der Waals surface area contributed by atoms with E-state index in [1.807, 2.05) is 11.9 Å². The molecule has 0 rings (SSSR count). The smallest absolute Gasteiger partial charge is 0.234 e. The minimum atomic E-state index is -3.13. The first-order chi connectivity index (χ1) is 9.83. The van der Waals surface area contributed by atoms with E-state index in [9.17, 15) is 13.2 Å². The highest BCUT2D eigenvalue weighted by molar-refractivity contribution is 7.89. The minimum Gasteiger partial charge on any atom is -0.385 e. The Bertz CT molecular complexity index is 387. The van der Waals surface area contributed by atoms with E-state index in [4.69, 9.17) is 4.74 Å². The molecule has 0 saturated carbocycles. The van der Waals surface area contributed by atoms with E-state index in [0.717, 1.165) is 13.0 Å². The van der Waals surface area contributed by atoms with Crippen LogP contribution in [0.2, 0.25) is 0 Å². The monoisotopic (exact) mass is 323 g/mol. The molecule has 0 heterocycles. The fourth-order valence-electron chi connectivity index (χ4n) is 1.75. The van der Waals surface area contributed by atoms with E-state index in [1.54, 1.807) is 21.1 Å². The maximum absolute atomic E-state index is 11.7. The van der Waals surface area contributed by atoms with E-state index in [0.29, 0.717) is 32.7 Å². The molecule has 0 aliphatic carbocycles. The summed E-state index contributed by atoms with van der Waals surface area (Å²) in [5.74, 6) is 0.0539. The van der Waals surface area contributed by atoms with Crippen molar-refractivity contribution in [3.63, 3.8) is 0 Å². The summed E-state index contributed by atoms with van der Waals surface area (Å²) in [6, 6.07) is 0. The van der Waals surface area contributed by atoms with Gasteiger partial charge in [0.2, 0.25) is 15.9 Å². The summed E-state index contributed by atoms with van der Waals surface area (Å²) in [6.07, 6.45) is 1.49. The highest BCUT2D eigenvalue weighted by Gasteiger charge is 2.14. The van der Waals surface area contributed by atoms with Crippen LogP contribution in [0.15, 0.2) is 0 Å². The molecule has 1 amide bonds. The van der Waals surface area contributed by atoms with Crippen LogP contribution in [0.5, 0.6) is 0 Å². The summed E-state index contributed by atoms with van der Waals surface area (Å²) in [5.41, 5.74) is 0. The van der Waals surface area contributed by atoms with Crippen LogP contribution in [-0.2, 0) is 19.6 Å². The summed E-state index contributed by atoms with van der Waals surface area (Å²) in [6.45, 7) is 4.34. The SMILES string of the molecule is CCS(=O)(=O)N(C)CCCNC(=O)CN(C)CCCOC. The zero-order chi connectivity index (χ0) is 16.3. The number of nitrogens with one attached hydrogen (secondary N) is 1. The summed E-state index contributed by atoms with van der Waals surface area (Å²) in [4.78, 5) is 13.6. The highest BCUT2D eigenvalue weighted by atomic mass is 32.2. The number of hydrogen-bond donors (Lipinski definition) is 1. The topological polar surface area (TPSA) is 79.0 Å². The van der Waals surface area contributed by atoms with Gasteiger partial charge in [0, 0.05) is 40.4 Å². The first-order valence-electron chi connectivity index (χ1n) is 7.21. The molecule has 0 aliphatic rings. The van der Waals surface area contributed by atoms with Crippen molar-refractivity contribution in [2.45, 2.75) is 19.8 Å². The fourth-order valence-corrected chi connectivity index (χ4v) is 2.60. The Morgan fingerprint density at radius 3 is 2.43 bits per heavy atom. The van der Waals surface area contributed by atoms with E-state index in [2.05, 4.69) is 5.32 Å². The largest absolute Gasteiger partial charge is 0.385 e. The molecule has 7 nitrogen and oxygen atoms in total. The molecule has 0 aromatic rings. The molecule has 0 atom stereocenters. The first-order valence-corrected chi connectivity index (χ1v) is 8.82. The third-order valence-electron chi connectivity index (χ3n) is 3.11. The maximum atomic E-state index is 11.7. The van der Waals surface area contributed by atoms with Gasteiger partial charge in [0.1, 0.15) is 0 Å². The second-order valence-corrected chi connectivity index (χ2v) is 7.37. The molecule has 126 valence electrons. The van der Waals surface area contributed by atoms with Gasteiger partial charge in [-0.1, -0.05) is 0 Å². The Morgan fingerprint density at radius 1 is 1.19 bits per heavy atom. The summed E-state index contributed by atoms with van der Waals surface area (Å²) >= 11 is 0. The van der Waals surface area contributed by atoms with Crippen molar-refractivity contribution < 1.29 is 17.9 Å². The van der Waals surface area contributed by atoms with Gasteiger partial charge in [-0.15, -0.1) is 0 Å². The van der Waals surface area contributed by atoms with Crippen molar-refractivity contribution >= 4 is 15.9 Å². The van der Waals surface area contributed by atoms with Gasteiger partial charge in [0.15, 0.2) is 0 Å². The van der Waals surface area contributed by atoms with Crippen LogP contribution < -0.4 is 5.32 Å². The average molecular weight is 323 g/mol. The number of methoxy groups -OCH3 is 1. The number of carbonyl (C=O) groups is 1. The number of sulfonamides is 1. The van der Waals surface area contributed by atoms with Crippen molar-refractivity contribution in [2.24, 2.45) is 0 Å². The zero-order valence-corrected chi connectivity index (χ0v) is 14.4. The molecule has 0 fully saturated rings. The Kier molecular flexibility index (Phi) is 10.6. The predicted molar refractivity (Wildman–Crippen MR) is 83.7 cm³/mol. The van der Waals surface area contributed by atoms with Crippen molar-refractivity contribution in [3.8, 4) is 0 Å². The average Bonchev–Trinajstić information content (AvgIpc) is 2.43. The lowest BCUT2D eigenvalue weighted by molar-refractivity contribution is -0.122. The van der Waals surface area contributed by atoms with E-state index in [1.165, 1.54) is 4.31 Å². The minimum absolute atomic E-state index is 0.0454. The lowest BCUT2D eigenvalue weighted by atomic mass is 10.4. The Labute approximate surface area is 128 Å². The number of carbonyl (C=O) groups excluding carboxylic acids is 1. The third kappa shape index (κ3) is 9.78. The molecule has 0 aromatic carbocycles. The van der Waals surface area contributed by atoms with E-state index < -0.39 is 10.0 Å². The van der Waals surface area contributed by atoms with Crippen LogP contribution in [0.25, 0.3) is 0 Å². The number of ether oxygens (including phenoxy) is 1. The molecular formula is C13H29N3O4S. The molecule has 1 N–H and O–H groups in total. The molecule has 0 aliphatic heterocycles. The van der Waals surface area contributed by atoms with Crippen LogP contribution in [-0.4, -0.2) is 83.3 Å². The highest BCUT2D eigenvalue weighted by Crippen LogP contribution is 1.98. The van der Waals surface area contributed by atoms with Gasteiger partial charge < -0.3 is 10.1 Å². The van der Waals surface area contributed by atoms with Crippen LogP contribution in [0, 0.1) is 0 Å². The number of nitrogens with zero attached hydrogens (tertiary/aromatic N) is 2. The van der Waals surface area contributed by atoms with Crippen molar-refractivity contribution in [1.82, 2.24) is 14.5 Å². The summed E-state index contributed by atoms with van der Waals surface area (Å²) < 4.78 is 29.3. The fraction of sp³-hybridized carbons (Fsp3) is 0.923. The number of likely N-dealkylation sites (N-methyl/N-ethyl adjacent to an activating group) is 1. The molecule has 0 radical (unpaired) electrons. The molecule has 21 heavy (non-hydrogen) atoms. The third-order valence-corrected chi connectivity index (χ3v) is 4.98. The van der Waals surface area contributed by atoms with Crippen molar-refractivity contribution in [2.75, 3.05) is 59.7 Å². The molecule has 0 bridgehead atoms. The van der Waals surface area contributed by atoms with Crippen molar-refractivity contribution in [1.29, 1.82) is 0 Å². The number of rotatable bonds is 12. The molecule has 0 saturated heterocycles. The van der Waals surface area contributed by atoms with Crippen molar-refractivity contribution in [3.05, 3.63) is 0 Å². The van der Waals surface area contributed by atoms with Gasteiger partial charge in [-0.05, 0) is 26.8 Å². The Hall–Kier alpha value is -0.700. The van der Waals surface area contributed by atoms with E-state index >= 15 is 0 Å². The molecule has 0 aromatic heterocycles. The Morgan fingerprint density at radius 2 is 1.86 bits per heavy atom. The van der Waals surface area contributed by atoms with Gasteiger partial charge in [0.05, 0.1) is 12.3 Å². The van der Waals surface area contributed by atoms with Crippen LogP contribution in [0.3, 0.4) is 0 Å². The number of amides is 1. The van der Waals surface area contributed by atoms with Gasteiger partial charge >= 0.3 is 0 Å². The number of hydrogen-bond acceptors (Lipinski definition) is 5. The zero-order valence-electron chi connectivity index (χ0n) is 13.6. The van der Waals surface area contributed by atoms with Gasteiger partial charge in [-0.2, -0.15) is 0 Å². The van der Waals surface area contributed by atoms with Gasteiger partial charge in [-0.3, -0.25) is 9.69 Å². The second-order valence-electron chi connectivity index (χ2n) is 5.01. The molecule has 0 unspecified atom stereocenters. The van der Waals surface area contributed by atoms with E-state index in [-0.39, 0.29) is 11.7 Å². The predicted octanol–water partition coefficient (Wildman–Crippen LogP) is -0.257. The normalized spacial score (nSPS) is 12.1. The van der Waals surface area contributed by atoms with Crippen LogP contribution in [0.4, 0.5) is 0 Å². The standard InChI is InChI=1S/C13H29N3O4S/c1-5-21(18,19)16(3)10-6-8-14-13(17)12-15(2)9-7-11-20-4/h5-12H2,1-4H3,(H,14,17). The summed E-state index contributed by atoms with van der Waals surface area (Å²) in [5, 5.41) is 2.80. The summed E-state index contributed by atoms with van der Waals surface area (Å²) in [7, 11) is 1.97. The molecule has 8 heteroatoms. The molecular weight excluding hydrogens is 294 g/mol. The van der Waals surface area contributed by atoms with Gasteiger partial charge in [-0.25, -0.2) is 12.7 Å². The first kappa shape index (κ1) is 20.3. The maximum Gasteiger partial charge on any atom is 0.234 e. The lowest BCUT2D eigenvalue weighted by Crippen LogP contribution is -2.37. The lowest BCUT2D eigenvalue weighted by Gasteiger charge is -2.17. The molecule has 0 spiro atoms. The quantitative estimate of drug-likeness (QED) is 0.501. The van der Waals surface area contributed by atoms with Crippen LogP contribution in [0.1, 0.15) is 19.8 Å². The van der Waals surface area contributed by atoms with Crippen LogP contribution >= 0.6 is 0 Å². The van der Waals surface area contributed by atoms with Gasteiger partial charge in [0.25, 0.3) is 0 Å². The Balaban J connectivity index is 3.75. The second kappa shape index (κ2) is 10.9.